The lowest BCUT2D eigenvalue weighted by atomic mass is 10.00. The van der Waals surface area contributed by atoms with Gasteiger partial charge in [0.2, 0.25) is 0 Å². The second-order valence-corrected chi connectivity index (χ2v) is 12.6. The Bertz CT molecular complexity index is 698. The summed E-state index contributed by atoms with van der Waals surface area (Å²) in [7, 11) is 0. The van der Waals surface area contributed by atoms with Gasteiger partial charge >= 0.3 is 0 Å². The molecule has 6 heteroatoms. The third-order valence-electron chi connectivity index (χ3n) is 8.29. The molecule has 1 fully saturated rings. The Kier molecular flexibility index (Phi) is 19.9. The summed E-state index contributed by atoms with van der Waals surface area (Å²) in [4.78, 5) is 11.9. The zero-order valence-electron chi connectivity index (χ0n) is 24.9. The van der Waals surface area contributed by atoms with Crippen LogP contribution in [0.5, 0.6) is 0 Å². The zero-order chi connectivity index (χ0) is 28.0. The first-order chi connectivity index (χ1) is 19.1. The fourth-order valence-electron chi connectivity index (χ4n) is 5.70. The quantitative estimate of drug-likeness (QED) is 0.104. The van der Waals surface area contributed by atoms with Crippen LogP contribution in [-0.4, -0.2) is 47.1 Å². The minimum atomic E-state index is -0.399. The van der Waals surface area contributed by atoms with Gasteiger partial charge in [0.05, 0.1) is 24.4 Å². The van der Waals surface area contributed by atoms with Gasteiger partial charge in [0.1, 0.15) is 0 Å². The monoisotopic (exact) mass is 565 g/mol. The molecule has 1 aromatic rings. The van der Waals surface area contributed by atoms with Crippen LogP contribution >= 0.6 is 11.3 Å². The molecule has 1 aliphatic heterocycles. The highest BCUT2D eigenvalue weighted by atomic mass is 32.1. The van der Waals surface area contributed by atoms with Crippen LogP contribution in [0.2, 0.25) is 0 Å². The minimum Gasteiger partial charge on any atom is -0.390 e. The van der Waals surface area contributed by atoms with E-state index in [0.717, 1.165) is 69.9 Å². The molecule has 0 aliphatic carbocycles. The molecule has 0 saturated carbocycles. The van der Waals surface area contributed by atoms with E-state index in [4.69, 9.17) is 4.74 Å². The number of rotatable bonds is 25. The van der Waals surface area contributed by atoms with Crippen molar-refractivity contribution in [3.05, 3.63) is 22.4 Å². The van der Waals surface area contributed by atoms with E-state index < -0.39 is 6.10 Å². The SMILES string of the molecule is CCCCCCCCCCCC[C@@H](O)[C@H]1CC[C@@H]([C@@H](O)CCCCCCCCCCNC(=O)c2ccsc2)O1. The maximum atomic E-state index is 11.9. The molecule has 0 radical (unpaired) electrons. The van der Waals surface area contributed by atoms with Crippen LogP contribution in [0.3, 0.4) is 0 Å². The molecule has 5 nitrogen and oxygen atoms in total. The number of hydrogen-bond donors (Lipinski definition) is 3. The van der Waals surface area contributed by atoms with Crippen LogP contribution in [0.1, 0.15) is 159 Å². The fourth-order valence-corrected chi connectivity index (χ4v) is 6.34. The standard InChI is InChI=1S/C33H59NO4S/c1-2-3-4-5-6-7-8-11-14-17-20-29(35)31-22-23-32(38-31)30(36)21-18-15-12-9-10-13-16-19-25-34-33(37)28-24-26-39-27-28/h24,26-27,29-32,35-36H,2-23,25H2,1H3,(H,34,37)/t29-,30+,31-,32+/m1/s1. The molecule has 39 heavy (non-hydrogen) atoms. The van der Waals surface area contributed by atoms with Crippen molar-refractivity contribution in [3.8, 4) is 0 Å². The van der Waals surface area contributed by atoms with Crippen LogP contribution in [0.4, 0.5) is 0 Å². The van der Waals surface area contributed by atoms with Gasteiger partial charge in [-0.2, -0.15) is 11.3 Å². The number of thiophene rings is 1. The van der Waals surface area contributed by atoms with Crippen molar-refractivity contribution in [2.24, 2.45) is 0 Å². The van der Waals surface area contributed by atoms with Crippen molar-refractivity contribution < 1.29 is 19.7 Å². The lowest BCUT2D eigenvalue weighted by Crippen LogP contribution is -2.31. The summed E-state index contributed by atoms with van der Waals surface area (Å²) < 4.78 is 6.08. The largest absolute Gasteiger partial charge is 0.390 e. The number of amides is 1. The van der Waals surface area contributed by atoms with E-state index in [2.05, 4.69) is 12.2 Å². The molecule has 1 aromatic heterocycles. The molecule has 0 unspecified atom stereocenters. The molecule has 1 aliphatic rings. The normalized spacial score (nSPS) is 18.8. The van der Waals surface area contributed by atoms with Gasteiger partial charge in [0.25, 0.3) is 5.91 Å². The van der Waals surface area contributed by atoms with Gasteiger partial charge in [-0.25, -0.2) is 0 Å². The van der Waals surface area contributed by atoms with Crippen LogP contribution in [0, 0.1) is 0 Å². The summed E-state index contributed by atoms with van der Waals surface area (Å²) in [5.74, 6) is 0.0393. The van der Waals surface area contributed by atoms with E-state index >= 15 is 0 Å². The molecule has 0 aromatic carbocycles. The summed E-state index contributed by atoms with van der Waals surface area (Å²) >= 11 is 1.55. The molecule has 2 heterocycles. The fraction of sp³-hybridized carbons (Fsp3) is 0.848. The molecule has 1 saturated heterocycles. The van der Waals surface area contributed by atoms with Gasteiger partial charge in [-0.1, -0.05) is 116 Å². The summed E-state index contributed by atoms with van der Waals surface area (Å²) in [5.41, 5.74) is 0.765. The van der Waals surface area contributed by atoms with Gasteiger partial charge in [0.15, 0.2) is 0 Å². The second-order valence-electron chi connectivity index (χ2n) is 11.8. The van der Waals surface area contributed by atoms with Gasteiger partial charge in [-0.3, -0.25) is 4.79 Å². The molecule has 0 bridgehead atoms. The third kappa shape index (κ3) is 16.2. The molecule has 0 spiro atoms. The summed E-state index contributed by atoms with van der Waals surface area (Å²) in [6.45, 7) is 3.02. The molecular weight excluding hydrogens is 506 g/mol. The van der Waals surface area contributed by atoms with Crippen LogP contribution < -0.4 is 5.32 Å². The number of hydrogen-bond acceptors (Lipinski definition) is 5. The van der Waals surface area contributed by atoms with Gasteiger partial charge in [-0.15, -0.1) is 0 Å². The second kappa shape index (κ2) is 22.7. The first-order valence-corrected chi connectivity index (χ1v) is 17.4. The van der Waals surface area contributed by atoms with Gasteiger partial charge in [0, 0.05) is 17.5 Å². The Morgan fingerprint density at radius 2 is 1.26 bits per heavy atom. The van der Waals surface area contributed by atoms with Crippen molar-refractivity contribution in [1.29, 1.82) is 0 Å². The van der Waals surface area contributed by atoms with E-state index in [1.54, 1.807) is 11.3 Å². The highest BCUT2D eigenvalue weighted by molar-refractivity contribution is 7.08. The van der Waals surface area contributed by atoms with Crippen molar-refractivity contribution in [1.82, 2.24) is 5.32 Å². The van der Waals surface area contributed by atoms with Crippen LogP contribution in [0.15, 0.2) is 16.8 Å². The van der Waals surface area contributed by atoms with Crippen molar-refractivity contribution in [2.75, 3.05) is 6.54 Å². The van der Waals surface area contributed by atoms with Gasteiger partial charge in [-0.05, 0) is 43.6 Å². The minimum absolute atomic E-state index is 0.0393. The molecule has 2 rings (SSSR count). The zero-order valence-corrected chi connectivity index (χ0v) is 25.7. The number of carbonyl (C=O) groups is 1. The van der Waals surface area contributed by atoms with Crippen LogP contribution in [0.25, 0.3) is 0 Å². The van der Waals surface area contributed by atoms with Crippen LogP contribution in [-0.2, 0) is 4.74 Å². The van der Waals surface area contributed by atoms with E-state index in [0.29, 0.717) is 0 Å². The Hall–Kier alpha value is -0.950. The Labute approximate surface area is 243 Å². The highest BCUT2D eigenvalue weighted by Gasteiger charge is 2.33. The number of carbonyl (C=O) groups excluding carboxylic acids is 1. The van der Waals surface area contributed by atoms with Crippen molar-refractivity contribution in [2.45, 2.75) is 173 Å². The maximum Gasteiger partial charge on any atom is 0.252 e. The van der Waals surface area contributed by atoms with E-state index in [1.165, 1.54) is 83.5 Å². The Morgan fingerprint density at radius 1 is 0.795 bits per heavy atom. The molecule has 226 valence electrons. The Morgan fingerprint density at radius 3 is 1.72 bits per heavy atom. The highest BCUT2D eigenvalue weighted by Crippen LogP contribution is 2.28. The predicted molar refractivity (Wildman–Crippen MR) is 165 cm³/mol. The lowest BCUT2D eigenvalue weighted by Gasteiger charge is -2.22. The van der Waals surface area contributed by atoms with Gasteiger partial charge < -0.3 is 20.3 Å². The third-order valence-corrected chi connectivity index (χ3v) is 8.98. The lowest BCUT2D eigenvalue weighted by molar-refractivity contribution is -0.0786. The smallest absolute Gasteiger partial charge is 0.252 e. The molecular formula is C33H59NO4S. The first-order valence-electron chi connectivity index (χ1n) is 16.4. The maximum absolute atomic E-state index is 11.9. The summed E-state index contributed by atoms with van der Waals surface area (Å²) in [6.07, 6.45) is 24.8. The Balaban J connectivity index is 1.36. The molecule has 4 atom stereocenters. The topological polar surface area (TPSA) is 78.8 Å². The molecule has 1 amide bonds. The average molecular weight is 566 g/mol. The summed E-state index contributed by atoms with van der Waals surface area (Å²) in [5, 5.41) is 28.0. The van der Waals surface area contributed by atoms with E-state index in [-0.39, 0.29) is 24.2 Å². The number of aliphatic hydroxyl groups is 2. The van der Waals surface area contributed by atoms with E-state index in [9.17, 15) is 15.0 Å². The predicted octanol–water partition coefficient (Wildman–Crippen LogP) is 8.57. The molecule has 3 N–H and O–H groups in total. The number of ether oxygens (including phenoxy) is 1. The van der Waals surface area contributed by atoms with E-state index in [1.807, 2.05) is 16.8 Å². The first kappa shape index (κ1) is 34.3. The van der Waals surface area contributed by atoms with Crippen molar-refractivity contribution in [3.63, 3.8) is 0 Å². The number of nitrogens with one attached hydrogen (secondary N) is 1. The average Bonchev–Trinajstić information content (AvgIpc) is 3.66. The number of unbranched alkanes of at least 4 members (excludes halogenated alkanes) is 16. The van der Waals surface area contributed by atoms with Crippen molar-refractivity contribution >= 4 is 17.2 Å². The number of aliphatic hydroxyl groups excluding tert-OH is 2. The summed E-state index contributed by atoms with van der Waals surface area (Å²) in [6, 6.07) is 1.86.